The van der Waals surface area contributed by atoms with Crippen LogP contribution in [0.25, 0.3) is 0 Å². The number of ether oxygens (including phenoxy) is 1. The first-order valence-electron chi connectivity index (χ1n) is 5.71. The first kappa shape index (κ1) is 11.7. The molecule has 0 amide bonds. The summed E-state index contributed by atoms with van der Waals surface area (Å²) in [5.41, 5.74) is -1.10. The van der Waals surface area contributed by atoms with Crippen LogP contribution in [0, 0.1) is 5.41 Å². The molecule has 2 N–H and O–H groups in total. The average Bonchev–Trinajstić information content (AvgIpc) is 2.31. The van der Waals surface area contributed by atoms with E-state index in [1.165, 1.54) is 0 Å². The molecule has 0 bridgehead atoms. The molecule has 1 unspecified atom stereocenters. The lowest BCUT2D eigenvalue weighted by Crippen LogP contribution is -2.57. The largest absolute Gasteiger partial charge is 0.396 e. The van der Waals surface area contributed by atoms with Crippen molar-refractivity contribution in [3.8, 4) is 0 Å². The smallest absolute Gasteiger partial charge is 0.0959 e. The fourth-order valence-electron chi connectivity index (χ4n) is 2.73. The van der Waals surface area contributed by atoms with E-state index in [4.69, 9.17) is 4.74 Å². The zero-order valence-corrected chi connectivity index (χ0v) is 9.89. The standard InChI is InChI=1S/C11H20O3S/c12-8-10(3-6-15-7-4-10)11(13)2-1-5-14-9-11/h12-13H,1-9H2. The Bertz CT molecular complexity index is 208. The van der Waals surface area contributed by atoms with Gasteiger partial charge < -0.3 is 14.9 Å². The van der Waals surface area contributed by atoms with Crippen LogP contribution in [-0.2, 0) is 4.74 Å². The summed E-state index contributed by atoms with van der Waals surface area (Å²) in [7, 11) is 0. The molecule has 2 aliphatic rings. The maximum absolute atomic E-state index is 10.7. The van der Waals surface area contributed by atoms with Gasteiger partial charge in [0.15, 0.2) is 0 Å². The summed E-state index contributed by atoms with van der Waals surface area (Å²) in [6.45, 7) is 1.24. The monoisotopic (exact) mass is 232 g/mol. The summed E-state index contributed by atoms with van der Waals surface area (Å²) in [5, 5.41) is 20.3. The van der Waals surface area contributed by atoms with Gasteiger partial charge in [-0.2, -0.15) is 11.8 Å². The third-order valence-corrected chi connectivity index (χ3v) is 4.95. The van der Waals surface area contributed by atoms with Crippen molar-refractivity contribution in [1.82, 2.24) is 0 Å². The molecule has 4 heteroatoms. The average molecular weight is 232 g/mol. The third kappa shape index (κ3) is 2.05. The first-order valence-corrected chi connectivity index (χ1v) is 6.87. The number of aliphatic hydroxyl groups is 2. The van der Waals surface area contributed by atoms with E-state index >= 15 is 0 Å². The molecule has 0 saturated carbocycles. The molecule has 0 aromatic heterocycles. The topological polar surface area (TPSA) is 49.7 Å². The van der Waals surface area contributed by atoms with Crippen LogP contribution in [0.3, 0.4) is 0 Å². The van der Waals surface area contributed by atoms with E-state index in [2.05, 4.69) is 0 Å². The van der Waals surface area contributed by atoms with Gasteiger partial charge in [0.25, 0.3) is 0 Å². The highest BCUT2D eigenvalue weighted by Crippen LogP contribution is 2.46. The Morgan fingerprint density at radius 1 is 1.20 bits per heavy atom. The Kier molecular flexibility index (Phi) is 3.60. The van der Waals surface area contributed by atoms with Crippen molar-refractivity contribution in [2.75, 3.05) is 31.3 Å². The molecule has 88 valence electrons. The zero-order chi connectivity index (χ0) is 10.8. The molecule has 0 spiro atoms. The quantitative estimate of drug-likeness (QED) is 0.747. The van der Waals surface area contributed by atoms with Gasteiger partial charge in [0.05, 0.1) is 18.8 Å². The summed E-state index contributed by atoms with van der Waals surface area (Å²) >= 11 is 1.91. The van der Waals surface area contributed by atoms with E-state index in [0.29, 0.717) is 6.61 Å². The highest BCUT2D eigenvalue weighted by Gasteiger charge is 2.51. The second-order valence-electron chi connectivity index (χ2n) is 4.74. The van der Waals surface area contributed by atoms with Crippen LogP contribution >= 0.6 is 11.8 Å². The number of aliphatic hydroxyl groups excluding tert-OH is 1. The lowest BCUT2D eigenvalue weighted by molar-refractivity contribution is -0.178. The van der Waals surface area contributed by atoms with Gasteiger partial charge in [-0.25, -0.2) is 0 Å². The maximum atomic E-state index is 10.7. The minimum Gasteiger partial charge on any atom is -0.396 e. The van der Waals surface area contributed by atoms with E-state index < -0.39 is 5.60 Å². The van der Waals surface area contributed by atoms with E-state index in [9.17, 15) is 10.2 Å². The number of thioether (sulfide) groups is 1. The normalized spacial score (nSPS) is 36.4. The van der Waals surface area contributed by atoms with Crippen LogP contribution in [0.5, 0.6) is 0 Å². The van der Waals surface area contributed by atoms with Crippen LogP contribution in [0.4, 0.5) is 0 Å². The molecule has 2 heterocycles. The van der Waals surface area contributed by atoms with Gasteiger partial charge in [-0.15, -0.1) is 0 Å². The van der Waals surface area contributed by atoms with Crippen molar-refractivity contribution >= 4 is 11.8 Å². The van der Waals surface area contributed by atoms with Gasteiger partial charge >= 0.3 is 0 Å². The summed E-state index contributed by atoms with van der Waals surface area (Å²) in [6.07, 6.45) is 3.51. The Morgan fingerprint density at radius 2 is 1.93 bits per heavy atom. The Morgan fingerprint density at radius 3 is 2.47 bits per heavy atom. The number of hydrogen-bond donors (Lipinski definition) is 2. The molecule has 15 heavy (non-hydrogen) atoms. The second kappa shape index (κ2) is 4.62. The second-order valence-corrected chi connectivity index (χ2v) is 5.96. The van der Waals surface area contributed by atoms with E-state index in [-0.39, 0.29) is 12.0 Å². The number of rotatable bonds is 2. The molecule has 2 aliphatic heterocycles. The highest BCUT2D eigenvalue weighted by molar-refractivity contribution is 7.99. The molecule has 0 aromatic carbocycles. The van der Waals surface area contributed by atoms with E-state index in [0.717, 1.165) is 43.8 Å². The van der Waals surface area contributed by atoms with Gasteiger partial charge in [-0.3, -0.25) is 0 Å². The number of hydrogen-bond acceptors (Lipinski definition) is 4. The fourth-order valence-corrected chi connectivity index (χ4v) is 4.01. The van der Waals surface area contributed by atoms with Gasteiger partial charge in [-0.1, -0.05) is 0 Å². The van der Waals surface area contributed by atoms with Crippen molar-refractivity contribution in [3.63, 3.8) is 0 Å². The van der Waals surface area contributed by atoms with Crippen LogP contribution in [0.1, 0.15) is 25.7 Å². The molecule has 3 nitrogen and oxygen atoms in total. The van der Waals surface area contributed by atoms with E-state index in [1.807, 2.05) is 11.8 Å². The highest BCUT2D eigenvalue weighted by atomic mass is 32.2. The lowest BCUT2D eigenvalue weighted by Gasteiger charge is -2.50. The minimum atomic E-state index is -0.791. The Balaban J connectivity index is 2.15. The fraction of sp³-hybridized carbons (Fsp3) is 1.00. The van der Waals surface area contributed by atoms with Crippen molar-refractivity contribution in [2.24, 2.45) is 5.41 Å². The van der Waals surface area contributed by atoms with Crippen LogP contribution in [0.15, 0.2) is 0 Å². The third-order valence-electron chi connectivity index (χ3n) is 3.96. The molecule has 2 saturated heterocycles. The molecule has 1 atom stereocenters. The summed E-state index contributed by atoms with van der Waals surface area (Å²) in [5.74, 6) is 2.09. The lowest BCUT2D eigenvalue weighted by atomic mass is 9.66. The molecule has 2 fully saturated rings. The molecular formula is C11H20O3S. The van der Waals surface area contributed by atoms with Crippen LogP contribution < -0.4 is 0 Å². The predicted molar refractivity (Wildman–Crippen MR) is 61.1 cm³/mol. The summed E-state index contributed by atoms with van der Waals surface area (Å²) in [6, 6.07) is 0. The van der Waals surface area contributed by atoms with Crippen molar-refractivity contribution in [2.45, 2.75) is 31.3 Å². The Labute approximate surface area is 95.2 Å². The van der Waals surface area contributed by atoms with Gasteiger partial charge in [0.1, 0.15) is 0 Å². The molecule has 2 rings (SSSR count). The van der Waals surface area contributed by atoms with Gasteiger partial charge in [0, 0.05) is 12.0 Å². The van der Waals surface area contributed by atoms with E-state index in [1.54, 1.807) is 0 Å². The van der Waals surface area contributed by atoms with Crippen molar-refractivity contribution < 1.29 is 14.9 Å². The van der Waals surface area contributed by atoms with Crippen LogP contribution in [-0.4, -0.2) is 47.1 Å². The van der Waals surface area contributed by atoms with Gasteiger partial charge in [0.2, 0.25) is 0 Å². The molecular weight excluding hydrogens is 212 g/mol. The SMILES string of the molecule is OCC1(C2(O)CCCOC2)CCSCC1. The molecule has 0 aromatic rings. The zero-order valence-electron chi connectivity index (χ0n) is 9.07. The predicted octanol–water partition coefficient (Wildman–Crippen LogP) is 1.03. The summed E-state index contributed by atoms with van der Waals surface area (Å²) < 4.78 is 5.40. The maximum Gasteiger partial charge on any atom is 0.0959 e. The minimum absolute atomic E-state index is 0.0907. The summed E-state index contributed by atoms with van der Waals surface area (Å²) in [4.78, 5) is 0. The molecule has 0 aliphatic carbocycles. The Hall–Kier alpha value is 0.230. The van der Waals surface area contributed by atoms with Gasteiger partial charge in [-0.05, 0) is 37.2 Å². The van der Waals surface area contributed by atoms with Crippen molar-refractivity contribution in [1.29, 1.82) is 0 Å². The molecule has 0 radical (unpaired) electrons. The van der Waals surface area contributed by atoms with Crippen LogP contribution in [0.2, 0.25) is 0 Å². The first-order chi connectivity index (χ1) is 7.22. The van der Waals surface area contributed by atoms with Crippen molar-refractivity contribution in [3.05, 3.63) is 0 Å².